The van der Waals surface area contributed by atoms with Crippen molar-refractivity contribution in [3.8, 4) is 5.75 Å². The van der Waals surface area contributed by atoms with Gasteiger partial charge in [0.2, 0.25) is 0 Å². The molecule has 0 aromatic heterocycles. The molecule has 42 heavy (non-hydrogen) atoms. The molecule has 0 bridgehead atoms. The van der Waals surface area contributed by atoms with E-state index >= 15 is 0 Å². The zero-order valence-corrected chi connectivity index (χ0v) is 27.1. The van der Waals surface area contributed by atoms with Crippen LogP contribution in [0.4, 0.5) is 0 Å². The van der Waals surface area contributed by atoms with Crippen molar-refractivity contribution in [3.63, 3.8) is 0 Å². The first kappa shape index (κ1) is 33.2. The second kappa shape index (κ2) is 15.4. The van der Waals surface area contributed by atoms with Gasteiger partial charge in [-0.15, -0.1) is 0 Å². The van der Waals surface area contributed by atoms with Crippen molar-refractivity contribution in [3.05, 3.63) is 29.3 Å². The highest BCUT2D eigenvalue weighted by Gasteiger charge is 2.55. The van der Waals surface area contributed by atoms with Crippen LogP contribution < -0.4 is 4.74 Å². The Bertz CT molecular complexity index is 988. The first-order valence-corrected chi connectivity index (χ1v) is 16.3. The smallest absolute Gasteiger partial charge is 0.332 e. The summed E-state index contributed by atoms with van der Waals surface area (Å²) in [5.41, 5.74) is 3.09. The van der Waals surface area contributed by atoms with Crippen LogP contribution in [0.15, 0.2) is 18.2 Å². The number of methoxy groups -OCH3 is 1. The lowest BCUT2D eigenvalue weighted by Crippen LogP contribution is -2.45. The average Bonchev–Trinajstić information content (AvgIpc) is 3.25. The molecule has 0 N–H and O–H groups in total. The van der Waals surface area contributed by atoms with Gasteiger partial charge in [-0.3, -0.25) is 0 Å². The molecule has 4 rings (SSSR count). The Hall–Kier alpha value is -1.67. The minimum absolute atomic E-state index is 0.0485. The van der Waals surface area contributed by atoms with E-state index in [2.05, 4.69) is 32.0 Å². The molecule has 0 saturated heterocycles. The monoisotopic (exact) mass is 588 g/mol. The van der Waals surface area contributed by atoms with Gasteiger partial charge in [-0.05, 0) is 124 Å². The lowest BCUT2D eigenvalue weighted by atomic mass is 9.51. The summed E-state index contributed by atoms with van der Waals surface area (Å²) < 4.78 is 33.0. The maximum atomic E-state index is 11.7. The molecule has 238 valence electrons. The van der Waals surface area contributed by atoms with E-state index in [1.165, 1.54) is 44.1 Å². The number of ether oxygens (including phenoxy) is 6. The van der Waals surface area contributed by atoms with Gasteiger partial charge in [-0.25, -0.2) is 4.79 Å². The van der Waals surface area contributed by atoms with Gasteiger partial charge in [-0.2, -0.15) is 0 Å². The maximum absolute atomic E-state index is 11.7. The van der Waals surface area contributed by atoms with Crippen LogP contribution in [-0.4, -0.2) is 65.1 Å². The Labute approximate surface area is 254 Å². The third-order valence-electron chi connectivity index (χ3n) is 10.2. The summed E-state index contributed by atoms with van der Waals surface area (Å²) >= 11 is 0. The van der Waals surface area contributed by atoms with Crippen molar-refractivity contribution in [1.29, 1.82) is 0 Å². The highest BCUT2D eigenvalue weighted by atomic mass is 16.7. The van der Waals surface area contributed by atoms with Crippen LogP contribution in [0, 0.1) is 29.1 Å². The second-order valence-corrected chi connectivity index (χ2v) is 14.0. The van der Waals surface area contributed by atoms with E-state index in [4.69, 9.17) is 28.4 Å². The van der Waals surface area contributed by atoms with Crippen molar-refractivity contribution in [2.45, 2.75) is 97.5 Å². The minimum Gasteiger partial charge on any atom is -0.468 e. The van der Waals surface area contributed by atoms with Gasteiger partial charge in [0, 0.05) is 13.7 Å². The Morgan fingerprint density at radius 2 is 1.71 bits per heavy atom. The molecule has 0 amide bonds. The number of carbonyl (C=O) groups is 1. The third-order valence-corrected chi connectivity index (χ3v) is 10.2. The van der Waals surface area contributed by atoms with Crippen LogP contribution >= 0.6 is 0 Å². The number of unbranched alkanes of at least 4 members (excludes halogenated alkanes) is 1. The number of esters is 1. The van der Waals surface area contributed by atoms with E-state index in [9.17, 15) is 4.79 Å². The molecule has 0 spiro atoms. The zero-order chi connectivity index (χ0) is 30.2. The minimum atomic E-state index is -0.492. The molecule has 0 radical (unpaired) electrons. The van der Waals surface area contributed by atoms with Crippen LogP contribution in [-0.2, 0) is 34.9 Å². The number of carbonyl (C=O) groups excluding carboxylic acids is 1. The molecule has 0 aliphatic heterocycles. The lowest BCUT2D eigenvalue weighted by Gasteiger charge is -2.53. The molecule has 7 heteroatoms. The number of rotatable bonds is 16. The third kappa shape index (κ3) is 8.71. The number of hydrogen-bond acceptors (Lipinski definition) is 7. The van der Waals surface area contributed by atoms with Crippen LogP contribution in [0.5, 0.6) is 5.75 Å². The molecule has 6 atom stereocenters. The molecule has 3 aliphatic rings. The molecule has 6 unspecified atom stereocenters. The van der Waals surface area contributed by atoms with Crippen LogP contribution in [0.1, 0.15) is 96.6 Å². The Morgan fingerprint density at radius 3 is 2.45 bits per heavy atom. The zero-order valence-electron chi connectivity index (χ0n) is 27.1. The van der Waals surface area contributed by atoms with Crippen LogP contribution in [0.3, 0.4) is 0 Å². The topological polar surface area (TPSA) is 72.5 Å². The van der Waals surface area contributed by atoms with Crippen molar-refractivity contribution < 1.29 is 33.2 Å². The summed E-state index contributed by atoms with van der Waals surface area (Å²) in [6, 6.07) is 6.80. The predicted octanol–water partition coefficient (Wildman–Crippen LogP) is 6.95. The van der Waals surface area contributed by atoms with Gasteiger partial charge in [0.05, 0.1) is 26.4 Å². The van der Waals surface area contributed by atoms with Crippen molar-refractivity contribution >= 4 is 5.97 Å². The SMILES string of the molecule is COCOc1ccc2c(c1)CC(CCCCOCCOCCOCC(=O)OC(C)(C)C)C1C2CCC2(C)C(C)CCC12. The number of hydrogen-bond donors (Lipinski definition) is 0. The highest BCUT2D eigenvalue weighted by Crippen LogP contribution is 2.64. The molecule has 1 aromatic carbocycles. The summed E-state index contributed by atoms with van der Waals surface area (Å²) in [5.74, 6) is 4.44. The van der Waals surface area contributed by atoms with E-state index in [-0.39, 0.29) is 12.6 Å². The summed E-state index contributed by atoms with van der Waals surface area (Å²) in [6.07, 6.45) is 10.2. The van der Waals surface area contributed by atoms with Gasteiger partial charge in [-0.1, -0.05) is 26.3 Å². The molecule has 0 heterocycles. The van der Waals surface area contributed by atoms with Gasteiger partial charge in [0.1, 0.15) is 18.0 Å². The predicted molar refractivity (Wildman–Crippen MR) is 164 cm³/mol. The highest BCUT2D eigenvalue weighted by molar-refractivity contribution is 5.71. The van der Waals surface area contributed by atoms with Gasteiger partial charge >= 0.3 is 5.97 Å². The molecular formula is C35H56O7. The van der Waals surface area contributed by atoms with E-state index < -0.39 is 5.60 Å². The molecule has 7 nitrogen and oxygen atoms in total. The molecular weight excluding hydrogens is 532 g/mol. The summed E-state index contributed by atoms with van der Waals surface area (Å²) in [4.78, 5) is 11.7. The second-order valence-electron chi connectivity index (χ2n) is 14.0. The lowest BCUT2D eigenvalue weighted by molar-refractivity contribution is -0.160. The fraction of sp³-hybridized carbons (Fsp3) is 0.800. The summed E-state index contributed by atoms with van der Waals surface area (Å²) in [6.45, 7) is 13.6. The van der Waals surface area contributed by atoms with E-state index in [1.807, 2.05) is 20.8 Å². The maximum Gasteiger partial charge on any atom is 0.332 e. The molecule has 1 aromatic rings. The Kier molecular flexibility index (Phi) is 12.2. The fourth-order valence-electron chi connectivity index (χ4n) is 8.11. The Morgan fingerprint density at radius 1 is 0.976 bits per heavy atom. The number of benzene rings is 1. The van der Waals surface area contributed by atoms with Crippen molar-refractivity contribution in [2.75, 3.05) is 53.5 Å². The summed E-state index contributed by atoms with van der Waals surface area (Å²) in [5, 5.41) is 0. The molecule has 2 saturated carbocycles. The largest absolute Gasteiger partial charge is 0.468 e. The van der Waals surface area contributed by atoms with Gasteiger partial charge in [0.25, 0.3) is 0 Å². The van der Waals surface area contributed by atoms with Crippen LogP contribution in [0.2, 0.25) is 0 Å². The van der Waals surface area contributed by atoms with E-state index in [0.29, 0.717) is 44.6 Å². The van der Waals surface area contributed by atoms with E-state index in [0.717, 1.165) is 48.9 Å². The summed E-state index contributed by atoms with van der Waals surface area (Å²) in [7, 11) is 1.67. The first-order valence-electron chi connectivity index (χ1n) is 16.3. The Balaban J connectivity index is 1.19. The first-order chi connectivity index (χ1) is 20.1. The molecule has 3 aliphatic carbocycles. The van der Waals surface area contributed by atoms with Crippen LogP contribution in [0.25, 0.3) is 0 Å². The molecule has 2 fully saturated rings. The van der Waals surface area contributed by atoms with E-state index in [1.54, 1.807) is 12.7 Å². The van der Waals surface area contributed by atoms with Crippen molar-refractivity contribution in [2.24, 2.45) is 29.1 Å². The van der Waals surface area contributed by atoms with Crippen molar-refractivity contribution in [1.82, 2.24) is 0 Å². The standard InChI is InChI=1S/C35H56O7/c1-25-10-13-31-33-26(9-7-8-16-38-17-18-39-19-20-40-23-32(36)42-34(2,3)4)21-27-22-28(41-24-37-6)11-12-29(27)30(33)14-15-35(25,31)5/h11-12,22,25-26,30-31,33H,7-10,13-21,23-24H2,1-6H3. The van der Waals surface area contributed by atoms with Gasteiger partial charge < -0.3 is 28.4 Å². The fourth-order valence-corrected chi connectivity index (χ4v) is 8.11. The quantitative estimate of drug-likeness (QED) is 0.118. The number of fused-ring (bicyclic) bond motifs is 5. The average molecular weight is 589 g/mol. The van der Waals surface area contributed by atoms with Gasteiger partial charge in [0.15, 0.2) is 6.79 Å². The normalized spacial score (nSPS) is 28.6.